The number of nitrogens with zero attached hydrogens (tertiary/aromatic N) is 3. The number of hydrogen-bond acceptors (Lipinski definition) is 4. The van der Waals surface area contributed by atoms with Gasteiger partial charge in [0.15, 0.2) is 10.8 Å². The van der Waals surface area contributed by atoms with Crippen molar-refractivity contribution in [1.29, 1.82) is 0 Å². The van der Waals surface area contributed by atoms with Gasteiger partial charge in [-0.2, -0.15) is 0 Å². The first-order chi connectivity index (χ1) is 9.58. The van der Waals surface area contributed by atoms with E-state index in [-0.39, 0.29) is 5.91 Å². The first-order valence-electron chi connectivity index (χ1n) is 7.09. The molecule has 1 aromatic rings. The fraction of sp³-hybridized carbons (Fsp3) is 0.643. The number of carbonyl (C=O) groups excluding carboxylic acids is 1. The van der Waals surface area contributed by atoms with Crippen LogP contribution in [0.15, 0.2) is 12.1 Å². The van der Waals surface area contributed by atoms with Crippen LogP contribution in [-0.2, 0) is 0 Å². The molecular weight excluding hydrogens is 276 g/mol. The zero-order valence-corrected chi connectivity index (χ0v) is 12.7. The molecule has 1 aliphatic heterocycles. The Morgan fingerprint density at radius 1 is 1.35 bits per heavy atom. The number of hydrogen-bond donors (Lipinski definition) is 1. The summed E-state index contributed by atoms with van der Waals surface area (Å²) < 4.78 is 0. The van der Waals surface area contributed by atoms with Gasteiger partial charge in [-0.1, -0.05) is 25.4 Å². The van der Waals surface area contributed by atoms with Crippen molar-refractivity contribution in [3.8, 4) is 0 Å². The summed E-state index contributed by atoms with van der Waals surface area (Å²) in [4.78, 5) is 14.5. The fourth-order valence-electron chi connectivity index (χ4n) is 2.58. The molecule has 0 saturated carbocycles. The minimum Gasteiger partial charge on any atom is -0.349 e. The molecule has 0 aliphatic carbocycles. The van der Waals surface area contributed by atoms with Gasteiger partial charge >= 0.3 is 0 Å². The zero-order valence-electron chi connectivity index (χ0n) is 12.0. The molecule has 2 rings (SSSR count). The quantitative estimate of drug-likeness (QED) is 0.903. The van der Waals surface area contributed by atoms with Gasteiger partial charge in [-0.3, -0.25) is 9.69 Å². The van der Waals surface area contributed by atoms with Crippen LogP contribution in [0.4, 0.5) is 0 Å². The van der Waals surface area contributed by atoms with Crippen LogP contribution in [0.2, 0.25) is 5.15 Å². The maximum atomic E-state index is 12.0. The molecule has 0 spiro atoms. The molecule has 2 heterocycles. The van der Waals surface area contributed by atoms with Crippen LogP contribution >= 0.6 is 11.6 Å². The second-order valence-corrected chi connectivity index (χ2v) is 5.89. The summed E-state index contributed by atoms with van der Waals surface area (Å²) in [6.45, 7) is 7.27. The Labute approximate surface area is 124 Å². The summed E-state index contributed by atoms with van der Waals surface area (Å²) in [5, 5.41) is 10.7. The molecule has 0 radical (unpaired) electrons. The second kappa shape index (κ2) is 6.99. The third-order valence-corrected chi connectivity index (χ3v) is 3.92. The van der Waals surface area contributed by atoms with Gasteiger partial charge in [-0.15, -0.1) is 10.2 Å². The molecule has 0 bridgehead atoms. The zero-order chi connectivity index (χ0) is 14.5. The highest BCUT2D eigenvalue weighted by molar-refractivity contribution is 6.29. The maximum absolute atomic E-state index is 12.0. The fourth-order valence-corrected chi connectivity index (χ4v) is 2.69. The lowest BCUT2D eigenvalue weighted by Gasteiger charge is -2.30. The number of nitrogens with one attached hydrogen (secondary N) is 1. The molecule has 1 unspecified atom stereocenters. The lowest BCUT2D eigenvalue weighted by Crippen LogP contribution is -2.45. The Bertz CT molecular complexity index is 443. The second-order valence-electron chi connectivity index (χ2n) is 5.51. The highest BCUT2D eigenvalue weighted by atomic mass is 35.5. The Hall–Kier alpha value is -1.20. The topological polar surface area (TPSA) is 58.1 Å². The predicted octanol–water partition coefficient (Wildman–Crippen LogP) is 1.98. The van der Waals surface area contributed by atoms with Crippen LogP contribution in [0, 0.1) is 5.92 Å². The van der Waals surface area contributed by atoms with E-state index in [1.807, 2.05) is 0 Å². The highest BCUT2D eigenvalue weighted by Gasteiger charge is 2.25. The van der Waals surface area contributed by atoms with Crippen molar-refractivity contribution >= 4 is 17.5 Å². The van der Waals surface area contributed by atoms with Crippen molar-refractivity contribution < 1.29 is 4.79 Å². The monoisotopic (exact) mass is 296 g/mol. The molecular formula is C14H21ClN4O. The lowest BCUT2D eigenvalue weighted by atomic mass is 10.0. The summed E-state index contributed by atoms with van der Waals surface area (Å²) in [6.07, 6.45) is 2.50. The number of rotatable bonds is 5. The first kappa shape index (κ1) is 15.2. The number of halogens is 1. The van der Waals surface area contributed by atoms with Crippen molar-refractivity contribution in [3.05, 3.63) is 23.0 Å². The van der Waals surface area contributed by atoms with Crippen molar-refractivity contribution in [2.75, 3.05) is 19.6 Å². The summed E-state index contributed by atoms with van der Waals surface area (Å²) in [5.74, 6) is 0.309. The molecule has 6 heteroatoms. The van der Waals surface area contributed by atoms with E-state index in [9.17, 15) is 4.79 Å². The third kappa shape index (κ3) is 3.90. The van der Waals surface area contributed by atoms with Gasteiger partial charge in [0.05, 0.1) is 0 Å². The smallest absolute Gasteiger partial charge is 0.271 e. The molecule has 1 N–H and O–H groups in total. The molecule has 1 amide bonds. The van der Waals surface area contributed by atoms with Crippen LogP contribution in [0.25, 0.3) is 0 Å². The Morgan fingerprint density at radius 2 is 2.05 bits per heavy atom. The molecule has 1 aromatic heterocycles. The lowest BCUT2D eigenvalue weighted by molar-refractivity contribution is 0.0921. The van der Waals surface area contributed by atoms with Crippen molar-refractivity contribution in [2.24, 2.45) is 5.92 Å². The third-order valence-electron chi connectivity index (χ3n) is 3.72. The molecule has 1 saturated heterocycles. The van der Waals surface area contributed by atoms with Crippen LogP contribution in [0.3, 0.4) is 0 Å². The number of amides is 1. The van der Waals surface area contributed by atoms with Gasteiger partial charge in [0.1, 0.15) is 0 Å². The summed E-state index contributed by atoms with van der Waals surface area (Å²) in [5.41, 5.74) is 0.304. The number of carbonyl (C=O) groups is 1. The molecule has 1 atom stereocenters. The normalized spacial score (nSPS) is 17.4. The number of likely N-dealkylation sites (tertiary alicyclic amines) is 1. The summed E-state index contributed by atoms with van der Waals surface area (Å²) >= 11 is 5.66. The van der Waals surface area contributed by atoms with E-state index in [4.69, 9.17) is 11.6 Å². The van der Waals surface area contributed by atoms with Gasteiger partial charge in [0.25, 0.3) is 5.91 Å². The van der Waals surface area contributed by atoms with Crippen molar-refractivity contribution in [3.63, 3.8) is 0 Å². The van der Waals surface area contributed by atoms with E-state index in [1.54, 1.807) is 12.1 Å². The van der Waals surface area contributed by atoms with Crippen molar-refractivity contribution in [1.82, 2.24) is 20.4 Å². The van der Waals surface area contributed by atoms with E-state index in [1.165, 1.54) is 12.8 Å². The highest BCUT2D eigenvalue weighted by Crippen LogP contribution is 2.17. The number of aromatic nitrogens is 2. The largest absolute Gasteiger partial charge is 0.349 e. The maximum Gasteiger partial charge on any atom is 0.271 e. The van der Waals surface area contributed by atoms with Crippen molar-refractivity contribution in [2.45, 2.75) is 32.7 Å². The minimum absolute atomic E-state index is 0.195. The Balaban J connectivity index is 1.91. The average molecular weight is 297 g/mol. The van der Waals surface area contributed by atoms with Gasteiger partial charge in [0.2, 0.25) is 0 Å². The van der Waals surface area contributed by atoms with E-state index >= 15 is 0 Å². The standard InChI is InChI=1S/C14H21ClN4O/c1-10(2)12(19-7-3-4-8-19)9-16-14(20)11-5-6-13(15)18-17-11/h5-6,10,12H,3-4,7-9H2,1-2H3,(H,16,20). The molecule has 20 heavy (non-hydrogen) atoms. The Morgan fingerprint density at radius 3 is 2.60 bits per heavy atom. The van der Waals surface area contributed by atoms with E-state index < -0.39 is 0 Å². The van der Waals surface area contributed by atoms with Gasteiger partial charge in [-0.25, -0.2) is 0 Å². The predicted molar refractivity (Wildman–Crippen MR) is 78.8 cm³/mol. The van der Waals surface area contributed by atoms with Gasteiger partial charge in [-0.05, 0) is 44.0 Å². The van der Waals surface area contributed by atoms with Crippen LogP contribution < -0.4 is 5.32 Å². The minimum atomic E-state index is -0.195. The first-order valence-corrected chi connectivity index (χ1v) is 7.47. The van der Waals surface area contributed by atoms with Gasteiger partial charge in [0, 0.05) is 12.6 Å². The summed E-state index contributed by atoms with van der Waals surface area (Å²) in [6, 6.07) is 3.54. The Kier molecular flexibility index (Phi) is 5.31. The molecule has 1 fully saturated rings. The van der Waals surface area contributed by atoms with Crippen LogP contribution in [-0.4, -0.2) is 46.7 Å². The molecule has 0 aromatic carbocycles. The van der Waals surface area contributed by atoms with E-state index in [0.717, 1.165) is 13.1 Å². The average Bonchev–Trinajstić information content (AvgIpc) is 2.93. The van der Waals surface area contributed by atoms with Crippen LogP contribution in [0.1, 0.15) is 37.2 Å². The van der Waals surface area contributed by atoms with E-state index in [0.29, 0.717) is 29.4 Å². The molecule has 5 nitrogen and oxygen atoms in total. The van der Waals surface area contributed by atoms with E-state index in [2.05, 4.69) is 34.3 Å². The summed E-state index contributed by atoms with van der Waals surface area (Å²) in [7, 11) is 0. The SMILES string of the molecule is CC(C)C(CNC(=O)c1ccc(Cl)nn1)N1CCCC1. The van der Waals surface area contributed by atoms with Gasteiger partial charge < -0.3 is 5.32 Å². The molecule has 110 valence electrons. The molecule has 1 aliphatic rings. The van der Waals surface area contributed by atoms with Crippen LogP contribution in [0.5, 0.6) is 0 Å².